The molecule has 0 bridgehead atoms. The van der Waals surface area contributed by atoms with Crippen molar-refractivity contribution in [3.63, 3.8) is 0 Å². The third-order valence-electron chi connectivity index (χ3n) is 3.73. The fourth-order valence-electron chi connectivity index (χ4n) is 2.38. The average molecular weight is 412 g/mol. The van der Waals surface area contributed by atoms with Crippen LogP contribution in [0.15, 0.2) is 40.9 Å². The molecule has 0 N–H and O–H groups in total. The molecule has 0 saturated carbocycles. The molecule has 0 fully saturated rings. The van der Waals surface area contributed by atoms with Crippen LogP contribution in [0.25, 0.3) is 0 Å². The van der Waals surface area contributed by atoms with E-state index in [1.54, 1.807) is 7.11 Å². The number of halogens is 2. The van der Waals surface area contributed by atoms with Crippen molar-refractivity contribution in [2.45, 2.75) is 31.5 Å². The Bertz CT molecular complexity index is 605. The number of methoxy groups -OCH3 is 1. The molecular weight excluding hydrogens is 392 g/mol. The quantitative estimate of drug-likeness (QED) is 0.536. The molecule has 3 heteroatoms. The minimum Gasteiger partial charge on any atom is -0.497 e. The summed E-state index contributed by atoms with van der Waals surface area (Å²) in [6, 6.07) is 12.8. The van der Waals surface area contributed by atoms with Crippen LogP contribution in [0.3, 0.4) is 0 Å². The van der Waals surface area contributed by atoms with Crippen molar-refractivity contribution in [3.05, 3.63) is 63.1 Å². The molecule has 0 amide bonds. The molecule has 1 nitrogen and oxygen atoms in total. The predicted octanol–water partition coefficient (Wildman–Crippen LogP) is 6.14. The minimum atomic E-state index is 0.381. The maximum absolute atomic E-state index is 5.19. The van der Waals surface area contributed by atoms with Gasteiger partial charge in [0.05, 0.1) is 7.11 Å². The Kier molecular flexibility index (Phi) is 5.88. The topological polar surface area (TPSA) is 9.23 Å². The zero-order chi connectivity index (χ0) is 15.4. The van der Waals surface area contributed by atoms with Gasteiger partial charge in [-0.15, -0.1) is 0 Å². The first-order valence-corrected chi connectivity index (χ1v) is 8.75. The van der Waals surface area contributed by atoms with Gasteiger partial charge in [-0.1, -0.05) is 50.1 Å². The zero-order valence-electron chi connectivity index (χ0n) is 12.6. The predicted molar refractivity (Wildman–Crippen MR) is 96.6 cm³/mol. The molecule has 0 aromatic heterocycles. The van der Waals surface area contributed by atoms with E-state index in [0.29, 0.717) is 4.83 Å². The van der Waals surface area contributed by atoms with Gasteiger partial charge in [-0.3, -0.25) is 0 Å². The van der Waals surface area contributed by atoms with Crippen LogP contribution in [0.2, 0.25) is 0 Å². The Hall–Kier alpha value is -0.800. The Morgan fingerprint density at radius 2 is 1.71 bits per heavy atom. The number of alkyl halides is 1. The van der Waals surface area contributed by atoms with Crippen LogP contribution in [-0.2, 0) is 6.42 Å². The van der Waals surface area contributed by atoms with Crippen molar-refractivity contribution >= 4 is 31.9 Å². The molecule has 112 valence electrons. The third-order valence-corrected chi connectivity index (χ3v) is 5.54. The van der Waals surface area contributed by atoms with Gasteiger partial charge in [0.1, 0.15) is 5.75 Å². The van der Waals surface area contributed by atoms with Crippen molar-refractivity contribution < 1.29 is 4.74 Å². The smallest absolute Gasteiger partial charge is 0.118 e. The summed E-state index contributed by atoms with van der Waals surface area (Å²) in [5.74, 6) is 0.911. The molecule has 0 aliphatic carbocycles. The molecule has 0 aliphatic rings. The highest BCUT2D eigenvalue weighted by atomic mass is 79.9. The molecule has 0 heterocycles. The monoisotopic (exact) mass is 410 g/mol. The van der Waals surface area contributed by atoms with E-state index in [9.17, 15) is 0 Å². The number of benzene rings is 2. The molecule has 0 aliphatic heterocycles. The summed E-state index contributed by atoms with van der Waals surface area (Å²) in [6.45, 7) is 4.30. The summed E-state index contributed by atoms with van der Waals surface area (Å²) in [5, 5.41) is 0. The Labute approximate surface area is 144 Å². The fourth-order valence-corrected chi connectivity index (χ4v) is 3.56. The second-order valence-corrected chi connectivity index (χ2v) is 7.27. The molecule has 21 heavy (non-hydrogen) atoms. The van der Waals surface area contributed by atoms with Gasteiger partial charge in [0.15, 0.2) is 0 Å². The summed E-state index contributed by atoms with van der Waals surface area (Å²) < 4.78 is 6.37. The molecule has 2 rings (SSSR count). The van der Waals surface area contributed by atoms with Gasteiger partial charge in [0.25, 0.3) is 0 Å². The highest BCUT2D eigenvalue weighted by Crippen LogP contribution is 2.33. The lowest BCUT2D eigenvalue weighted by Gasteiger charge is -2.15. The number of hydrogen-bond acceptors (Lipinski definition) is 1. The molecule has 1 unspecified atom stereocenters. The first-order chi connectivity index (χ1) is 10.0. The summed E-state index contributed by atoms with van der Waals surface area (Å²) in [7, 11) is 1.70. The van der Waals surface area contributed by atoms with Crippen molar-refractivity contribution in [2.75, 3.05) is 7.11 Å². The van der Waals surface area contributed by atoms with Crippen molar-refractivity contribution in [1.82, 2.24) is 0 Å². The molecular formula is C18H20Br2O. The summed E-state index contributed by atoms with van der Waals surface area (Å²) in [5.41, 5.74) is 5.32. The lowest BCUT2D eigenvalue weighted by Crippen LogP contribution is -1.98. The second kappa shape index (κ2) is 7.46. The summed E-state index contributed by atoms with van der Waals surface area (Å²) >= 11 is 7.43. The van der Waals surface area contributed by atoms with Crippen LogP contribution >= 0.6 is 31.9 Å². The third kappa shape index (κ3) is 4.33. The number of aryl methyl sites for hydroxylation is 3. The van der Waals surface area contributed by atoms with Crippen LogP contribution in [0.4, 0.5) is 0 Å². The SMILES string of the molecule is COc1ccc(CCC(Br)c2cc(C)c(Br)cc2C)cc1. The van der Waals surface area contributed by atoms with Crippen LogP contribution in [0, 0.1) is 13.8 Å². The van der Waals surface area contributed by atoms with E-state index in [4.69, 9.17) is 4.74 Å². The Balaban J connectivity index is 2.04. The van der Waals surface area contributed by atoms with E-state index < -0.39 is 0 Å². The molecule has 1 atom stereocenters. The van der Waals surface area contributed by atoms with Crippen LogP contribution in [0.1, 0.15) is 33.5 Å². The lowest BCUT2D eigenvalue weighted by atomic mass is 9.98. The maximum atomic E-state index is 5.19. The molecule has 0 spiro atoms. The Morgan fingerprint density at radius 1 is 1.05 bits per heavy atom. The highest BCUT2D eigenvalue weighted by Gasteiger charge is 2.12. The van der Waals surface area contributed by atoms with Gasteiger partial charge in [-0.05, 0) is 67.1 Å². The van der Waals surface area contributed by atoms with E-state index in [-0.39, 0.29) is 0 Å². The fraction of sp³-hybridized carbons (Fsp3) is 0.333. The van der Waals surface area contributed by atoms with E-state index >= 15 is 0 Å². The normalized spacial score (nSPS) is 12.2. The van der Waals surface area contributed by atoms with Crippen LogP contribution < -0.4 is 4.74 Å². The summed E-state index contributed by atoms with van der Waals surface area (Å²) in [4.78, 5) is 0.381. The number of ether oxygens (including phenoxy) is 1. The maximum Gasteiger partial charge on any atom is 0.118 e. The second-order valence-electron chi connectivity index (χ2n) is 5.31. The number of rotatable bonds is 5. The summed E-state index contributed by atoms with van der Waals surface area (Å²) in [6.07, 6.45) is 2.13. The molecule has 0 radical (unpaired) electrons. The van der Waals surface area contributed by atoms with E-state index in [0.717, 1.165) is 18.6 Å². The van der Waals surface area contributed by atoms with Gasteiger partial charge < -0.3 is 4.74 Å². The average Bonchev–Trinajstić information content (AvgIpc) is 2.49. The lowest BCUT2D eigenvalue weighted by molar-refractivity contribution is 0.414. The van der Waals surface area contributed by atoms with Crippen LogP contribution in [-0.4, -0.2) is 7.11 Å². The first-order valence-electron chi connectivity index (χ1n) is 7.05. The van der Waals surface area contributed by atoms with E-state index in [2.05, 4.69) is 70.0 Å². The van der Waals surface area contributed by atoms with Gasteiger partial charge in [0, 0.05) is 9.30 Å². The zero-order valence-corrected chi connectivity index (χ0v) is 15.8. The first kappa shape index (κ1) is 16.6. The highest BCUT2D eigenvalue weighted by molar-refractivity contribution is 9.10. The largest absolute Gasteiger partial charge is 0.497 e. The van der Waals surface area contributed by atoms with E-state index in [1.165, 1.54) is 26.7 Å². The molecule has 2 aromatic rings. The molecule has 2 aromatic carbocycles. The molecule has 0 saturated heterocycles. The van der Waals surface area contributed by atoms with Crippen molar-refractivity contribution in [3.8, 4) is 5.75 Å². The number of hydrogen-bond donors (Lipinski definition) is 0. The van der Waals surface area contributed by atoms with E-state index in [1.807, 2.05) is 12.1 Å². The van der Waals surface area contributed by atoms with Gasteiger partial charge >= 0.3 is 0 Å². The van der Waals surface area contributed by atoms with Gasteiger partial charge in [-0.25, -0.2) is 0 Å². The van der Waals surface area contributed by atoms with Crippen LogP contribution in [0.5, 0.6) is 5.75 Å². The van der Waals surface area contributed by atoms with Crippen molar-refractivity contribution in [1.29, 1.82) is 0 Å². The standard InChI is InChI=1S/C18H20Br2O/c1-12-11-18(20)13(2)10-16(12)17(19)9-6-14-4-7-15(21-3)8-5-14/h4-5,7-8,10-11,17H,6,9H2,1-3H3. The van der Waals surface area contributed by atoms with Gasteiger partial charge in [-0.2, -0.15) is 0 Å². The Morgan fingerprint density at radius 3 is 2.33 bits per heavy atom. The minimum absolute atomic E-state index is 0.381. The van der Waals surface area contributed by atoms with Gasteiger partial charge in [0.2, 0.25) is 0 Å². The van der Waals surface area contributed by atoms with Crippen molar-refractivity contribution in [2.24, 2.45) is 0 Å².